The van der Waals surface area contributed by atoms with Crippen LogP contribution in [0, 0.1) is 6.92 Å². The third-order valence-electron chi connectivity index (χ3n) is 3.46. The van der Waals surface area contributed by atoms with E-state index in [2.05, 4.69) is 44.3 Å². The van der Waals surface area contributed by atoms with Crippen LogP contribution in [-0.2, 0) is 4.84 Å². The summed E-state index contributed by atoms with van der Waals surface area (Å²) in [5, 5.41) is 4.09. The fourth-order valence-electron chi connectivity index (χ4n) is 2.44. The van der Waals surface area contributed by atoms with Crippen LogP contribution in [-0.4, -0.2) is 28.4 Å². The van der Waals surface area contributed by atoms with Gasteiger partial charge in [-0.05, 0) is 19.4 Å². The van der Waals surface area contributed by atoms with Gasteiger partial charge in [-0.25, -0.2) is 0 Å². The summed E-state index contributed by atoms with van der Waals surface area (Å²) in [6, 6.07) is 8.83. The van der Waals surface area contributed by atoms with Gasteiger partial charge in [0.15, 0.2) is 0 Å². The number of thioether (sulfide) groups is 3. The van der Waals surface area contributed by atoms with Crippen LogP contribution in [0.1, 0.15) is 18.1 Å². The number of aryl methyl sites for hydroxylation is 1. The van der Waals surface area contributed by atoms with E-state index in [1.807, 2.05) is 47.4 Å². The molecule has 1 unspecified atom stereocenters. The summed E-state index contributed by atoms with van der Waals surface area (Å²) in [4.78, 5) is 5.77. The number of nitrogens with zero attached hydrogens (tertiary/aromatic N) is 1. The SMILES string of the molecule is Cc1ccc(C(C2=CN(C)OC2C)=C2SCSCS2)cc1. The normalized spacial score (nSPS) is 22.4. The molecule has 112 valence electrons. The molecule has 0 radical (unpaired) electrons. The zero-order valence-electron chi connectivity index (χ0n) is 12.5. The molecular formula is C16H19NOS3. The molecule has 0 bridgehead atoms. The van der Waals surface area contributed by atoms with Crippen molar-refractivity contribution in [3.05, 3.63) is 51.4 Å². The molecule has 0 N–H and O–H groups in total. The van der Waals surface area contributed by atoms with Gasteiger partial charge in [0.25, 0.3) is 0 Å². The Kier molecular flexibility index (Phi) is 4.94. The zero-order chi connectivity index (χ0) is 14.8. The number of hydrogen-bond donors (Lipinski definition) is 0. The summed E-state index contributed by atoms with van der Waals surface area (Å²) in [5.74, 6) is 0. The summed E-state index contributed by atoms with van der Waals surface area (Å²) in [7, 11) is 1.96. The molecule has 0 saturated carbocycles. The van der Waals surface area contributed by atoms with Crippen LogP contribution in [0.15, 0.2) is 40.3 Å². The molecule has 0 aromatic heterocycles. The third kappa shape index (κ3) is 3.47. The minimum Gasteiger partial charge on any atom is -0.266 e. The summed E-state index contributed by atoms with van der Waals surface area (Å²) in [6.45, 7) is 4.25. The Morgan fingerprint density at radius 2 is 1.86 bits per heavy atom. The predicted octanol–water partition coefficient (Wildman–Crippen LogP) is 4.94. The van der Waals surface area contributed by atoms with Gasteiger partial charge in [0.1, 0.15) is 6.10 Å². The fourth-order valence-corrected chi connectivity index (χ4v) is 6.81. The Bertz CT molecular complexity index is 572. The van der Waals surface area contributed by atoms with Crippen LogP contribution in [0.4, 0.5) is 0 Å². The van der Waals surface area contributed by atoms with Gasteiger partial charge in [-0.1, -0.05) is 29.8 Å². The van der Waals surface area contributed by atoms with Crippen LogP contribution in [0.25, 0.3) is 5.57 Å². The minimum absolute atomic E-state index is 0.106. The lowest BCUT2D eigenvalue weighted by atomic mass is 9.96. The molecular weight excluding hydrogens is 318 g/mol. The number of benzene rings is 1. The highest BCUT2D eigenvalue weighted by atomic mass is 32.3. The molecule has 1 saturated heterocycles. The van der Waals surface area contributed by atoms with Gasteiger partial charge in [0.2, 0.25) is 0 Å². The number of hydroxylamine groups is 2. The molecule has 0 aliphatic carbocycles. The average Bonchev–Trinajstić information content (AvgIpc) is 2.81. The van der Waals surface area contributed by atoms with Crippen LogP contribution in [0.2, 0.25) is 0 Å². The fraction of sp³-hybridized carbons (Fsp3) is 0.375. The van der Waals surface area contributed by atoms with E-state index in [0.717, 1.165) is 10.2 Å². The van der Waals surface area contributed by atoms with E-state index in [1.165, 1.54) is 26.5 Å². The summed E-state index contributed by atoms with van der Waals surface area (Å²) >= 11 is 5.89. The minimum atomic E-state index is 0.106. The Labute approximate surface area is 139 Å². The van der Waals surface area contributed by atoms with Gasteiger partial charge in [-0.15, -0.1) is 35.3 Å². The maximum absolute atomic E-state index is 5.77. The van der Waals surface area contributed by atoms with Crippen molar-refractivity contribution in [2.24, 2.45) is 0 Å². The van der Waals surface area contributed by atoms with Crippen molar-refractivity contribution in [2.75, 3.05) is 17.2 Å². The Balaban J connectivity index is 2.07. The standard InChI is InChI=1S/C16H19NOS3/c1-11-4-6-13(7-5-11)15(16-20-9-19-10-21-16)14-8-17(3)18-12(14)2/h4-8,12H,9-10H2,1-3H3. The van der Waals surface area contributed by atoms with Crippen molar-refractivity contribution in [2.45, 2.75) is 20.0 Å². The average molecular weight is 338 g/mol. The summed E-state index contributed by atoms with van der Waals surface area (Å²) in [6.07, 6.45) is 2.23. The van der Waals surface area contributed by atoms with Crippen LogP contribution in [0.5, 0.6) is 0 Å². The third-order valence-corrected chi connectivity index (χ3v) is 7.38. The lowest BCUT2D eigenvalue weighted by molar-refractivity contribution is -0.105. The topological polar surface area (TPSA) is 12.5 Å². The van der Waals surface area contributed by atoms with Crippen molar-refractivity contribution in [3.8, 4) is 0 Å². The molecule has 2 nitrogen and oxygen atoms in total. The first-order valence-electron chi connectivity index (χ1n) is 6.91. The van der Waals surface area contributed by atoms with Gasteiger partial charge in [-0.2, -0.15) is 0 Å². The molecule has 3 rings (SSSR count). The van der Waals surface area contributed by atoms with E-state index >= 15 is 0 Å². The zero-order valence-corrected chi connectivity index (χ0v) is 14.9. The Morgan fingerprint density at radius 1 is 1.19 bits per heavy atom. The second-order valence-corrected chi connectivity index (χ2v) is 9.08. The van der Waals surface area contributed by atoms with Gasteiger partial charge < -0.3 is 0 Å². The molecule has 2 aliphatic heterocycles. The maximum atomic E-state index is 5.77. The molecule has 0 amide bonds. The van der Waals surface area contributed by atoms with E-state index in [4.69, 9.17) is 4.84 Å². The second-order valence-electron chi connectivity index (χ2n) is 5.14. The van der Waals surface area contributed by atoms with Crippen molar-refractivity contribution >= 4 is 40.9 Å². The molecule has 1 fully saturated rings. The van der Waals surface area contributed by atoms with Crippen molar-refractivity contribution in [1.82, 2.24) is 5.06 Å². The first-order valence-corrected chi connectivity index (χ1v) is 10.0. The van der Waals surface area contributed by atoms with E-state index < -0.39 is 0 Å². The van der Waals surface area contributed by atoms with E-state index in [9.17, 15) is 0 Å². The van der Waals surface area contributed by atoms with Crippen molar-refractivity contribution in [1.29, 1.82) is 0 Å². The molecule has 0 spiro atoms. The molecule has 1 aromatic carbocycles. The van der Waals surface area contributed by atoms with Crippen LogP contribution >= 0.6 is 35.3 Å². The monoisotopic (exact) mass is 337 g/mol. The van der Waals surface area contributed by atoms with Gasteiger partial charge in [0, 0.05) is 38.8 Å². The highest BCUT2D eigenvalue weighted by Crippen LogP contribution is 2.47. The van der Waals surface area contributed by atoms with E-state index in [1.54, 1.807) is 0 Å². The molecule has 1 atom stereocenters. The molecule has 2 heterocycles. The van der Waals surface area contributed by atoms with E-state index in [-0.39, 0.29) is 6.10 Å². The van der Waals surface area contributed by atoms with Crippen molar-refractivity contribution < 1.29 is 4.84 Å². The first-order chi connectivity index (χ1) is 10.1. The van der Waals surface area contributed by atoms with E-state index in [0.29, 0.717) is 0 Å². The van der Waals surface area contributed by atoms with Gasteiger partial charge in [-0.3, -0.25) is 9.90 Å². The quantitative estimate of drug-likeness (QED) is 0.755. The Hall–Kier alpha value is -0.490. The largest absolute Gasteiger partial charge is 0.266 e. The van der Waals surface area contributed by atoms with Gasteiger partial charge >= 0.3 is 0 Å². The lowest BCUT2D eigenvalue weighted by Crippen LogP contribution is -2.12. The summed E-state index contributed by atoms with van der Waals surface area (Å²) in [5.41, 5.74) is 5.22. The predicted molar refractivity (Wildman–Crippen MR) is 97.0 cm³/mol. The molecule has 21 heavy (non-hydrogen) atoms. The number of hydrogen-bond acceptors (Lipinski definition) is 5. The smallest absolute Gasteiger partial charge is 0.110 e. The van der Waals surface area contributed by atoms with Crippen LogP contribution in [0.3, 0.4) is 0 Å². The highest BCUT2D eigenvalue weighted by Gasteiger charge is 2.27. The summed E-state index contributed by atoms with van der Waals surface area (Å²) < 4.78 is 1.43. The molecule has 5 heteroatoms. The first kappa shape index (κ1) is 15.4. The Morgan fingerprint density at radius 3 is 2.43 bits per heavy atom. The van der Waals surface area contributed by atoms with Gasteiger partial charge in [0.05, 0.1) is 0 Å². The second kappa shape index (κ2) is 6.73. The maximum Gasteiger partial charge on any atom is 0.110 e. The number of rotatable bonds is 2. The molecule has 2 aliphatic rings. The van der Waals surface area contributed by atoms with Crippen molar-refractivity contribution in [3.63, 3.8) is 0 Å². The lowest BCUT2D eigenvalue weighted by Gasteiger charge is -2.20. The highest BCUT2D eigenvalue weighted by molar-refractivity contribution is 8.36. The molecule has 1 aromatic rings. The van der Waals surface area contributed by atoms with Crippen LogP contribution < -0.4 is 0 Å².